The van der Waals surface area contributed by atoms with Crippen molar-refractivity contribution in [2.75, 3.05) is 24.8 Å². The number of methoxy groups -OCH3 is 1. The van der Waals surface area contributed by atoms with Crippen molar-refractivity contribution in [1.29, 1.82) is 0 Å². The van der Waals surface area contributed by atoms with Gasteiger partial charge in [-0.3, -0.25) is 0 Å². The lowest BCUT2D eigenvalue weighted by Gasteiger charge is -2.35. The average Bonchev–Trinajstić information content (AvgIpc) is 2.39. The molecule has 1 aliphatic carbocycles. The molecule has 0 heterocycles. The van der Waals surface area contributed by atoms with Gasteiger partial charge < -0.3 is 15.4 Å². The number of nitrogens with zero attached hydrogens (tertiary/aromatic N) is 1. The fraction of sp³-hybridized carbons (Fsp3) is 0.600. The number of anilines is 2. The van der Waals surface area contributed by atoms with Crippen LogP contribution in [-0.4, -0.2) is 20.2 Å². The minimum atomic E-state index is 0.648. The minimum absolute atomic E-state index is 0.648. The highest BCUT2D eigenvalue weighted by Crippen LogP contribution is 2.32. The smallest absolute Gasteiger partial charge is 0.143 e. The summed E-state index contributed by atoms with van der Waals surface area (Å²) < 4.78 is 5.29. The lowest BCUT2D eigenvalue weighted by Crippen LogP contribution is -2.34. The normalized spacial score (nSPS) is 23.7. The molecule has 0 saturated heterocycles. The van der Waals surface area contributed by atoms with Gasteiger partial charge >= 0.3 is 0 Å². The fourth-order valence-electron chi connectivity index (χ4n) is 2.76. The van der Waals surface area contributed by atoms with E-state index in [0.717, 1.165) is 11.7 Å². The molecule has 1 aliphatic rings. The van der Waals surface area contributed by atoms with E-state index in [1.165, 1.54) is 31.4 Å². The maximum Gasteiger partial charge on any atom is 0.143 e. The monoisotopic (exact) mass is 248 g/mol. The summed E-state index contributed by atoms with van der Waals surface area (Å²) in [5, 5.41) is 0. The summed E-state index contributed by atoms with van der Waals surface area (Å²) in [7, 11) is 3.84. The molecule has 0 bridgehead atoms. The van der Waals surface area contributed by atoms with Crippen LogP contribution in [0.3, 0.4) is 0 Å². The number of benzene rings is 1. The van der Waals surface area contributed by atoms with Gasteiger partial charge in [-0.05, 0) is 43.7 Å². The van der Waals surface area contributed by atoms with Gasteiger partial charge in [0, 0.05) is 24.8 Å². The summed E-state index contributed by atoms with van der Waals surface area (Å²) >= 11 is 0. The third-order valence-electron chi connectivity index (χ3n) is 4.16. The van der Waals surface area contributed by atoms with Crippen molar-refractivity contribution >= 4 is 11.4 Å². The van der Waals surface area contributed by atoms with Crippen molar-refractivity contribution in [2.45, 2.75) is 38.6 Å². The van der Waals surface area contributed by atoms with E-state index in [-0.39, 0.29) is 0 Å². The number of ether oxygens (including phenoxy) is 1. The number of rotatable bonds is 3. The molecular weight excluding hydrogens is 224 g/mol. The first-order valence-corrected chi connectivity index (χ1v) is 6.78. The first kappa shape index (κ1) is 13.1. The highest BCUT2D eigenvalue weighted by molar-refractivity contribution is 5.62. The predicted molar refractivity (Wildman–Crippen MR) is 77.2 cm³/mol. The average molecular weight is 248 g/mol. The Labute approximate surface area is 110 Å². The van der Waals surface area contributed by atoms with Gasteiger partial charge in [0.2, 0.25) is 0 Å². The van der Waals surface area contributed by atoms with Gasteiger partial charge in [0.1, 0.15) is 5.75 Å². The molecule has 1 fully saturated rings. The molecule has 3 nitrogen and oxygen atoms in total. The Morgan fingerprint density at radius 3 is 2.50 bits per heavy atom. The van der Waals surface area contributed by atoms with Crippen LogP contribution in [0.2, 0.25) is 0 Å². The third-order valence-corrected chi connectivity index (χ3v) is 4.16. The maximum atomic E-state index is 5.85. The largest absolute Gasteiger partial charge is 0.495 e. The summed E-state index contributed by atoms with van der Waals surface area (Å²) in [5.41, 5.74) is 7.75. The zero-order valence-electron chi connectivity index (χ0n) is 11.6. The van der Waals surface area contributed by atoms with E-state index in [4.69, 9.17) is 10.5 Å². The zero-order chi connectivity index (χ0) is 13.1. The van der Waals surface area contributed by atoms with Crippen molar-refractivity contribution in [3.05, 3.63) is 18.2 Å². The van der Waals surface area contributed by atoms with Gasteiger partial charge in [-0.25, -0.2) is 0 Å². The molecule has 18 heavy (non-hydrogen) atoms. The van der Waals surface area contributed by atoms with Crippen LogP contribution >= 0.6 is 0 Å². The number of nitrogen functional groups attached to an aromatic ring is 1. The van der Waals surface area contributed by atoms with E-state index in [0.29, 0.717) is 11.7 Å². The van der Waals surface area contributed by atoms with E-state index in [9.17, 15) is 0 Å². The SMILES string of the molecule is COc1cc(N(C)C2CCC(C)CC2)ccc1N. The molecular formula is C15H24N2O. The maximum absolute atomic E-state index is 5.85. The molecule has 0 atom stereocenters. The van der Waals surface area contributed by atoms with Gasteiger partial charge in [-0.2, -0.15) is 0 Å². The van der Waals surface area contributed by atoms with Crippen LogP contribution in [0.15, 0.2) is 18.2 Å². The summed E-state index contributed by atoms with van der Waals surface area (Å²) in [5.74, 6) is 1.65. The van der Waals surface area contributed by atoms with Gasteiger partial charge in [-0.1, -0.05) is 6.92 Å². The number of hydrogen-bond acceptors (Lipinski definition) is 3. The Morgan fingerprint density at radius 2 is 1.89 bits per heavy atom. The Kier molecular flexibility index (Phi) is 4.00. The highest BCUT2D eigenvalue weighted by Gasteiger charge is 2.22. The van der Waals surface area contributed by atoms with Crippen molar-refractivity contribution in [3.8, 4) is 5.75 Å². The second-order valence-electron chi connectivity index (χ2n) is 5.45. The second-order valence-corrected chi connectivity index (χ2v) is 5.45. The van der Waals surface area contributed by atoms with Crippen LogP contribution in [0.25, 0.3) is 0 Å². The van der Waals surface area contributed by atoms with Crippen LogP contribution < -0.4 is 15.4 Å². The summed E-state index contributed by atoms with van der Waals surface area (Å²) in [6, 6.07) is 6.69. The van der Waals surface area contributed by atoms with E-state index >= 15 is 0 Å². The molecule has 0 aromatic heterocycles. The molecule has 1 aromatic carbocycles. The molecule has 0 radical (unpaired) electrons. The van der Waals surface area contributed by atoms with Gasteiger partial charge in [0.25, 0.3) is 0 Å². The van der Waals surface area contributed by atoms with E-state index in [1.807, 2.05) is 12.1 Å². The van der Waals surface area contributed by atoms with E-state index in [1.54, 1.807) is 7.11 Å². The number of nitrogens with two attached hydrogens (primary N) is 1. The molecule has 0 spiro atoms. The first-order valence-electron chi connectivity index (χ1n) is 6.78. The van der Waals surface area contributed by atoms with Gasteiger partial charge in [0.05, 0.1) is 12.8 Å². The van der Waals surface area contributed by atoms with Crippen molar-refractivity contribution < 1.29 is 4.74 Å². The molecule has 0 amide bonds. The Morgan fingerprint density at radius 1 is 1.22 bits per heavy atom. The zero-order valence-corrected chi connectivity index (χ0v) is 11.6. The highest BCUT2D eigenvalue weighted by atomic mass is 16.5. The molecule has 2 rings (SSSR count). The van der Waals surface area contributed by atoms with Crippen molar-refractivity contribution in [3.63, 3.8) is 0 Å². The van der Waals surface area contributed by atoms with Crippen LogP contribution in [-0.2, 0) is 0 Å². The predicted octanol–water partition coefficient (Wildman–Crippen LogP) is 3.29. The molecule has 0 aliphatic heterocycles. The molecule has 1 saturated carbocycles. The standard InChI is InChI=1S/C15H24N2O/c1-11-4-6-12(7-5-11)17(2)13-8-9-14(16)15(10-13)18-3/h8-12H,4-7,16H2,1-3H3. The fourth-order valence-corrected chi connectivity index (χ4v) is 2.76. The van der Waals surface area contributed by atoms with Crippen molar-refractivity contribution in [2.24, 2.45) is 5.92 Å². The molecule has 3 heteroatoms. The molecule has 100 valence electrons. The summed E-state index contributed by atoms with van der Waals surface area (Å²) in [4.78, 5) is 2.37. The summed E-state index contributed by atoms with van der Waals surface area (Å²) in [6.45, 7) is 2.35. The minimum Gasteiger partial charge on any atom is -0.495 e. The van der Waals surface area contributed by atoms with Gasteiger partial charge in [0.15, 0.2) is 0 Å². The van der Waals surface area contributed by atoms with Crippen molar-refractivity contribution in [1.82, 2.24) is 0 Å². The Bertz CT molecular complexity index is 397. The van der Waals surface area contributed by atoms with E-state index in [2.05, 4.69) is 24.9 Å². The lowest BCUT2D eigenvalue weighted by molar-refractivity contribution is 0.340. The first-order chi connectivity index (χ1) is 8.61. The lowest BCUT2D eigenvalue weighted by atomic mass is 9.86. The number of hydrogen-bond donors (Lipinski definition) is 1. The van der Waals surface area contributed by atoms with Gasteiger partial charge in [-0.15, -0.1) is 0 Å². The van der Waals surface area contributed by atoms with Crippen LogP contribution in [0, 0.1) is 5.92 Å². The molecule has 1 aromatic rings. The molecule has 0 unspecified atom stereocenters. The van der Waals surface area contributed by atoms with Crippen LogP contribution in [0.5, 0.6) is 5.75 Å². The Balaban J connectivity index is 2.10. The quantitative estimate of drug-likeness (QED) is 0.834. The molecule has 2 N–H and O–H groups in total. The summed E-state index contributed by atoms with van der Waals surface area (Å²) in [6.07, 6.45) is 5.23. The topological polar surface area (TPSA) is 38.5 Å². The Hall–Kier alpha value is -1.38. The van der Waals surface area contributed by atoms with Crippen LogP contribution in [0.4, 0.5) is 11.4 Å². The second kappa shape index (κ2) is 5.51. The van der Waals surface area contributed by atoms with Crippen LogP contribution in [0.1, 0.15) is 32.6 Å². The third kappa shape index (κ3) is 2.71. The van der Waals surface area contributed by atoms with E-state index < -0.39 is 0 Å².